The zero-order valence-electron chi connectivity index (χ0n) is 24.2. The van der Waals surface area contributed by atoms with Crippen LogP contribution in [0.2, 0.25) is 0 Å². The average Bonchev–Trinajstić information content (AvgIpc) is 3.88. The zero-order chi connectivity index (χ0) is 29.5. The third kappa shape index (κ3) is 7.20. The number of hydrogen-bond donors (Lipinski definition) is 2. The summed E-state index contributed by atoms with van der Waals surface area (Å²) in [6, 6.07) is 0.487. The number of halogens is 5. The van der Waals surface area contributed by atoms with Gasteiger partial charge in [0.25, 0.3) is 0 Å². The molecule has 5 aliphatic rings. The Kier molecular flexibility index (Phi) is 9.57. The summed E-state index contributed by atoms with van der Waals surface area (Å²) < 4.78 is 50.1. The van der Waals surface area contributed by atoms with E-state index in [9.17, 15) is 18.0 Å². The minimum atomic E-state index is -2.95. The maximum Gasteiger partial charge on any atom is 0.345 e. The Morgan fingerprint density at radius 1 is 0.952 bits per heavy atom. The van der Waals surface area contributed by atoms with E-state index < -0.39 is 18.9 Å². The van der Waals surface area contributed by atoms with Crippen LogP contribution in [0, 0.1) is 40.9 Å². The number of carbonyl (C=O) groups excluding carboxylic acids is 1. The van der Waals surface area contributed by atoms with Gasteiger partial charge in [-0.2, -0.15) is 8.78 Å². The van der Waals surface area contributed by atoms with E-state index in [4.69, 9.17) is 33.3 Å². The van der Waals surface area contributed by atoms with Crippen LogP contribution in [0.5, 0.6) is 0 Å². The quantitative estimate of drug-likeness (QED) is 0.279. The monoisotopic (exact) mass is 632 g/mol. The number of rotatable bonds is 10. The van der Waals surface area contributed by atoms with Gasteiger partial charge in [0.2, 0.25) is 11.5 Å². The molecule has 1 aromatic heterocycles. The molecule has 0 aliphatic heterocycles. The van der Waals surface area contributed by atoms with Gasteiger partial charge in [0, 0.05) is 48.7 Å². The number of nitrogens with zero attached hydrogens (tertiary/aromatic N) is 2. The lowest BCUT2D eigenvalue weighted by Gasteiger charge is -2.44. The normalized spacial score (nSPS) is 38.4. The van der Waals surface area contributed by atoms with Gasteiger partial charge in [-0.3, -0.25) is 10.2 Å². The molecule has 2 N–H and O–H groups in total. The van der Waals surface area contributed by atoms with Crippen LogP contribution >= 0.6 is 23.2 Å². The second-order valence-corrected chi connectivity index (χ2v) is 15.1. The van der Waals surface area contributed by atoms with E-state index >= 15 is 0 Å². The van der Waals surface area contributed by atoms with Gasteiger partial charge < -0.3 is 19.2 Å². The fraction of sp³-hybridized carbons (Fsp3) is 0.871. The minimum absolute atomic E-state index is 0.0184. The van der Waals surface area contributed by atoms with E-state index in [1.165, 1.54) is 0 Å². The maximum atomic E-state index is 14.3. The summed E-state index contributed by atoms with van der Waals surface area (Å²) >= 11 is 13.0. The highest BCUT2D eigenvalue weighted by atomic mass is 35.5. The van der Waals surface area contributed by atoms with Crippen molar-refractivity contribution in [1.29, 1.82) is 5.41 Å². The molecule has 11 heteroatoms. The van der Waals surface area contributed by atoms with E-state index in [1.54, 1.807) is 0 Å². The largest absolute Gasteiger partial charge is 0.353 e. The molecule has 10 atom stereocenters. The Balaban J connectivity index is 1.20. The molecule has 42 heavy (non-hydrogen) atoms. The van der Waals surface area contributed by atoms with Gasteiger partial charge in [-0.1, -0.05) is 0 Å². The van der Waals surface area contributed by atoms with E-state index in [2.05, 4.69) is 5.32 Å². The number of amides is 1. The molecule has 1 aromatic rings. The molecule has 0 aromatic carbocycles. The lowest BCUT2D eigenvalue weighted by Crippen LogP contribution is -2.49. The maximum absolute atomic E-state index is 14.3. The third-order valence-electron chi connectivity index (χ3n) is 10.9. The Morgan fingerprint density at radius 3 is 2.40 bits per heavy atom. The minimum Gasteiger partial charge on any atom is -0.353 e. The van der Waals surface area contributed by atoms with Gasteiger partial charge in [-0.25, -0.2) is 4.39 Å². The summed E-state index contributed by atoms with van der Waals surface area (Å²) in [6.07, 6.45) is 11.8. The van der Waals surface area contributed by atoms with Gasteiger partial charge in [0.1, 0.15) is 6.17 Å². The topological polar surface area (TPSA) is 72.0 Å². The fourth-order valence-electron chi connectivity index (χ4n) is 8.44. The average molecular weight is 634 g/mol. The molecular formula is C31H45Cl2F3N4O2. The van der Waals surface area contributed by atoms with E-state index in [0.717, 1.165) is 51.4 Å². The highest BCUT2D eigenvalue weighted by Crippen LogP contribution is 2.46. The Hall–Kier alpha value is -1.19. The van der Waals surface area contributed by atoms with Crippen LogP contribution in [0.1, 0.15) is 89.5 Å². The second kappa shape index (κ2) is 13.0. The molecule has 0 saturated heterocycles. The van der Waals surface area contributed by atoms with Gasteiger partial charge in [-0.15, -0.1) is 23.2 Å². The second-order valence-electron chi connectivity index (χ2n) is 13.9. The third-order valence-corrected chi connectivity index (χ3v) is 12.0. The van der Waals surface area contributed by atoms with Crippen molar-refractivity contribution < 1.29 is 22.7 Å². The summed E-state index contributed by atoms with van der Waals surface area (Å²) in [5.74, 6) is 0.431. The molecule has 1 heterocycles. The predicted octanol–water partition coefficient (Wildman–Crippen LogP) is 6.79. The molecule has 5 saturated carbocycles. The van der Waals surface area contributed by atoms with Gasteiger partial charge in [0.05, 0.1) is 11.5 Å². The van der Waals surface area contributed by atoms with Crippen molar-refractivity contribution in [1.82, 2.24) is 14.5 Å². The Bertz CT molecular complexity index is 1140. The van der Waals surface area contributed by atoms with Crippen molar-refractivity contribution in [3.05, 3.63) is 18.0 Å². The number of imidazole rings is 1. The zero-order valence-corrected chi connectivity index (χ0v) is 25.7. The van der Waals surface area contributed by atoms with Crippen molar-refractivity contribution >= 4 is 29.1 Å². The first-order chi connectivity index (χ1) is 20.2. The molecule has 1 amide bonds. The molecule has 6 nitrogen and oxygen atoms in total. The molecule has 0 bridgehead atoms. The van der Waals surface area contributed by atoms with E-state index in [0.29, 0.717) is 55.7 Å². The molecule has 5 aliphatic carbocycles. The Labute approximate surface area is 256 Å². The van der Waals surface area contributed by atoms with Crippen molar-refractivity contribution in [2.75, 3.05) is 0 Å². The molecule has 236 valence electrons. The van der Waals surface area contributed by atoms with Crippen LogP contribution in [0.4, 0.5) is 13.2 Å². The van der Waals surface area contributed by atoms with Gasteiger partial charge >= 0.3 is 6.61 Å². The number of aromatic nitrogens is 2. The highest BCUT2D eigenvalue weighted by molar-refractivity contribution is 6.30. The molecule has 5 fully saturated rings. The van der Waals surface area contributed by atoms with Crippen molar-refractivity contribution in [2.45, 2.75) is 132 Å². The molecule has 9 unspecified atom stereocenters. The van der Waals surface area contributed by atoms with Crippen LogP contribution in [-0.4, -0.2) is 50.7 Å². The standard InChI is InChI=1S/C31H45Cl2F3N4O2/c32-25-8-3-19(14-26(25)33)28(18-1-2-18)38-29(41)21-12-17(16-39-9-10-40(31(39)37)23-5-6-23)11-20(13-21)24-7-4-22(34)15-27(24)42-30(35)36/h9-10,17-28,30,37H,1-8,11-16H2,(H,38,41)/t17?,19?,20?,21?,22?,24?,25?,26?,27?,28-/m0/s1. The summed E-state index contributed by atoms with van der Waals surface area (Å²) in [5.41, 5.74) is 0.469. The molecule has 0 radical (unpaired) electrons. The number of nitrogens with one attached hydrogen (secondary N) is 2. The molecule has 6 rings (SSSR count). The summed E-state index contributed by atoms with van der Waals surface area (Å²) in [7, 11) is 0. The predicted molar refractivity (Wildman–Crippen MR) is 155 cm³/mol. The number of ether oxygens (including phenoxy) is 1. The Morgan fingerprint density at radius 2 is 1.71 bits per heavy atom. The first-order valence-corrected chi connectivity index (χ1v) is 17.0. The molecule has 0 spiro atoms. The number of hydrogen-bond acceptors (Lipinski definition) is 3. The van der Waals surface area contributed by atoms with Crippen LogP contribution in [0.25, 0.3) is 0 Å². The smallest absolute Gasteiger partial charge is 0.345 e. The lowest BCUT2D eigenvalue weighted by atomic mass is 9.65. The van der Waals surface area contributed by atoms with Crippen molar-refractivity contribution in [3.63, 3.8) is 0 Å². The van der Waals surface area contributed by atoms with Crippen LogP contribution in [0.15, 0.2) is 12.4 Å². The van der Waals surface area contributed by atoms with Crippen LogP contribution in [0.3, 0.4) is 0 Å². The first kappa shape index (κ1) is 30.8. The first-order valence-electron chi connectivity index (χ1n) is 16.1. The van der Waals surface area contributed by atoms with Gasteiger partial charge in [0.15, 0.2) is 0 Å². The van der Waals surface area contributed by atoms with Crippen LogP contribution in [-0.2, 0) is 16.1 Å². The molecular weight excluding hydrogens is 588 g/mol. The highest BCUT2D eigenvalue weighted by Gasteiger charge is 2.45. The lowest BCUT2D eigenvalue weighted by molar-refractivity contribution is -0.196. The SMILES string of the molecule is N=c1n(CC2CC(C(=O)N[C@@H](C3CC3)C3CCC(Cl)C(Cl)C3)CC(C3CCC(F)CC3OC(F)F)C2)ccn1C1CC1. The summed E-state index contributed by atoms with van der Waals surface area (Å²) in [4.78, 5) is 14.0. The number of carbonyl (C=O) groups is 1. The van der Waals surface area contributed by atoms with E-state index in [-0.39, 0.29) is 52.8 Å². The number of alkyl halides is 5. The van der Waals surface area contributed by atoms with E-state index in [1.807, 2.05) is 21.5 Å². The summed E-state index contributed by atoms with van der Waals surface area (Å²) in [5, 5.41) is 12.0. The van der Waals surface area contributed by atoms with Crippen molar-refractivity contribution in [2.24, 2.45) is 35.5 Å². The fourth-order valence-corrected chi connectivity index (χ4v) is 9.02. The summed E-state index contributed by atoms with van der Waals surface area (Å²) in [6.45, 7) is -2.34. The van der Waals surface area contributed by atoms with Crippen molar-refractivity contribution in [3.8, 4) is 0 Å². The van der Waals surface area contributed by atoms with Gasteiger partial charge in [-0.05, 0) is 107 Å². The van der Waals surface area contributed by atoms with Crippen LogP contribution < -0.4 is 10.9 Å².